The zero-order valence-corrected chi connectivity index (χ0v) is 13.0. The molecule has 1 aliphatic rings. The second-order valence-corrected chi connectivity index (χ2v) is 6.44. The first kappa shape index (κ1) is 13.6. The van der Waals surface area contributed by atoms with Gasteiger partial charge in [0, 0.05) is 9.61 Å². The summed E-state index contributed by atoms with van der Waals surface area (Å²) in [6.45, 7) is 3.67. The number of hydrogen-bond acceptors (Lipinski definition) is 3. The second kappa shape index (κ2) is 5.44. The summed E-state index contributed by atoms with van der Waals surface area (Å²) < 4.78 is 1.14. The molecule has 0 atom stereocenters. The molecule has 1 saturated heterocycles. The third-order valence-corrected chi connectivity index (χ3v) is 4.11. The second-order valence-electron chi connectivity index (χ2n) is 4.20. The SMILES string of the molecule is CC(C)N1C(=O)SC(=Cc2ccc(I)cc2)C1=O. The number of imide groups is 1. The van der Waals surface area contributed by atoms with Gasteiger partial charge in [0.2, 0.25) is 0 Å². The number of carbonyl (C=O) groups excluding carboxylic acids is 2. The molecule has 0 bridgehead atoms. The Labute approximate surface area is 124 Å². The Morgan fingerprint density at radius 2 is 1.83 bits per heavy atom. The summed E-state index contributed by atoms with van der Waals surface area (Å²) in [6.07, 6.45) is 1.77. The highest BCUT2D eigenvalue weighted by molar-refractivity contribution is 14.1. The largest absolute Gasteiger partial charge is 0.293 e. The maximum Gasteiger partial charge on any atom is 0.293 e. The monoisotopic (exact) mass is 373 g/mol. The quantitative estimate of drug-likeness (QED) is 0.586. The van der Waals surface area contributed by atoms with E-state index in [2.05, 4.69) is 22.6 Å². The minimum atomic E-state index is -0.196. The Kier molecular flexibility index (Phi) is 4.11. The Hall–Kier alpha value is -0.820. The molecule has 0 unspecified atom stereocenters. The highest BCUT2D eigenvalue weighted by Crippen LogP contribution is 2.33. The van der Waals surface area contributed by atoms with E-state index in [9.17, 15) is 9.59 Å². The number of benzene rings is 1. The van der Waals surface area contributed by atoms with Crippen molar-refractivity contribution < 1.29 is 9.59 Å². The molecule has 0 aliphatic carbocycles. The molecule has 3 nitrogen and oxygen atoms in total. The van der Waals surface area contributed by atoms with Crippen LogP contribution in [-0.4, -0.2) is 22.1 Å². The van der Waals surface area contributed by atoms with E-state index in [1.165, 1.54) is 4.90 Å². The van der Waals surface area contributed by atoms with Crippen LogP contribution in [0, 0.1) is 3.57 Å². The van der Waals surface area contributed by atoms with Crippen LogP contribution in [0.25, 0.3) is 6.08 Å². The van der Waals surface area contributed by atoms with Crippen molar-refractivity contribution in [1.82, 2.24) is 4.90 Å². The van der Waals surface area contributed by atoms with Crippen molar-refractivity contribution >= 4 is 51.6 Å². The van der Waals surface area contributed by atoms with Crippen molar-refractivity contribution in [3.63, 3.8) is 0 Å². The fourth-order valence-electron chi connectivity index (χ4n) is 1.64. The van der Waals surface area contributed by atoms with E-state index in [4.69, 9.17) is 0 Å². The maximum absolute atomic E-state index is 12.0. The molecule has 1 aromatic carbocycles. The fourth-order valence-corrected chi connectivity index (χ4v) is 2.96. The first-order valence-corrected chi connectivity index (χ1v) is 7.41. The van der Waals surface area contributed by atoms with Gasteiger partial charge in [0.25, 0.3) is 11.1 Å². The van der Waals surface area contributed by atoms with Crippen molar-refractivity contribution in [2.24, 2.45) is 0 Å². The van der Waals surface area contributed by atoms with Gasteiger partial charge in [-0.1, -0.05) is 12.1 Å². The summed E-state index contributed by atoms with van der Waals surface area (Å²) in [5.41, 5.74) is 0.935. The number of carbonyl (C=O) groups is 2. The molecule has 1 heterocycles. The summed E-state index contributed by atoms with van der Waals surface area (Å²) in [4.78, 5) is 25.5. The lowest BCUT2D eigenvalue weighted by Crippen LogP contribution is -2.34. The van der Waals surface area contributed by atoms with Crippen LogP contribution < -0.4 is 0 Å². The van der Waals surface area contributed by atoms with E-state index in [1.54, 1.807) is 6.08 Å². The van der Waals surface area contributed by atoms with Gasteiger partial charge in [0.15, 0.2) is 0 Å². The summed E-state index contributed by atoms with van der Waals surface area (Å²) >= 11 is 3.23. The van der Waals surface area contributed by atoms with Gasteiger partial charge < -0.3 is 0 Å². The highest BCUT2D eigenvalue weighted by atomic mass is 127. The molecule has 0 spiro atoms. The van der Waals surface area contributed by atoms with Gasteiger partial charge in [0.05, 0.1) is 4.91 Å². The minimum Gasteiger partial charge on any atom is -0.268 e. The third kappa shape index (κ3) is 2.77. The minimum absolute atomic E-state index is 0.0971. The van der Waals surface area contributed by atoms with Crippen molar-refractivity contribution in [2.75, 3.05) is 0 Å². The van der Waals surface area contributed by atoms with Gasteiger partial charge in [0.1, 0.15) is 0 Å². The molecule has 1 aliphatic heterocycles. The van der Waals surface area contributed by atoms with Crippen LogP contribution in [0.1, 0.15) is 19.4 Å². The van der Waals surface area contributed by atoms with Crippen molar-refractivity contribution in [1.29, 1.82) is 0 Å². The lowest BCUT2D eigenvalue weighted by molar-refractivity contribution is -0.123. The van der Waals surface area contributed by atoms with Crippen molar-refractivity contribution in [3.05, 3.63) is 38.3 Å². The van der Waals surface area contributed by atoms with E-state index in [0.29, 0.717) is 4.91 Å². The number of amides is 2. The average molecular weight is 373 g/mol. The van der Waals surface area contributed by atoms with Crippen molar-refractivity contribution in [2.45, 2.75) is 19.9 Å². The summed E-state index contributed by atoms with van der Waals surface area (Å²) in [5.74, 6) is -0.196. The average Bonchev–Trinajstić information content (AvgIpc) is 2.57. The maximum atomic E-state index is 12.0. The Morgan fingerprint density at radius 1 is 1.22 bits per heavy atom. The molecule has 2 rings (SSSR count). The van der Waals surface area contributed by atoms with E-state index < -0.39 is 0 Å². The van der Waals surface area contributed by atoms with Crippen LogP contribution in [0.4, 0.5) is 4.79 Å². The number of thioether (sulfide) groups is 1. The summed E-state index contributed by atoms with van der Waals surface area (Å²) in [6, 6.07) is 7.72. The van der Waals surface area contributed by atoms with E-state index in [0.717, 1.165) is 20.9 Å². The normalized spacial score (nSPS) is 18.2. The first-order chi connectivity index (χ1) is 8.49. The highest BCUT2D eigenvalue weighted by Gasteiger charge is 2.36. The predicted molar refractivity (Wildman–Crippen MR) is 82.1 cm³/mol. The van der Waals surface area contributed by atoms with Crippen LogP contribution in [-0.2, 0) is 4.79 Å². The standard InChI is InChI=1S/C13H12INO2S/c1-8(2)15-12(16)11(18-13(15)17)7-9-3-5-10(14)6-4-9/h3-8H,1-2H3. The van der Waals surface area contributed by atoms with Crippen LogP contribution in [0.2, 0.25) is 0 Å². The smallest absolute Gasteiger partial charge is 0.268 e. The summed E-state index contributed by atoms with van der Waals surface area (Å²) in [5, 5.41) is -0.188. The molecular weight excluding hydrogens is 361 g/mol. The van der Waals surface area contributed by atoms with Gasteiger partial charge in [-0.2, -0.15) is 0 Å². The number of halogens is 1. The molecule has 2 amide bonds. The Morgan fingerprint density at radius 3 is 2.33 bits per heavy atom. The fraction of sp³-hybridized carbons (Fsp3) is 0.231. The molecule has 0 N–H and O–H groups in total. The van der Waals surface area contributed by atoms with E-state index >= 15 is 0 Å². The summed E-state index contributed by atoms with van der Waals surface area (Å²) in [7, 11) is 0. The van der Waals surface area contributed by atoms with Gasteiger partial charge in [-0.3, -0.25) is 14.5 Å². The molecule has 0 saturated carbocycles. The van der Waals surface area contributed by atoms with Gasteiger partial charge >= 0.3 is 0 Å². The molecule has 94 valence electrons. The number of rotatable bonds is 2. The van der Waals surface area contributed by atoms with Crippen LogP contribution in [0.5, 0.6) is 0 Å². The topological polar surface area (TPSA) is 37.4 Å². The third-order valence-electron chi connectivity index (χ3n) is 2.51. The molecule has 18 heavy (non-hydrogen) atoms. The van der Waals surface area contributed by atoms with Crippen LogP contribution in [0.15, 0.2) is 29.2 Å². The number of hydrogen-bond donors (Lipinski definition) is 0. The molecule has 1 aromatic rings. The molecular formula is C13H12INO2S. The van der Waals surface area contributed by atoms with Crippen LogP contribution >= 0.6 is 34.4 Å². The zero-order valence-electron chi connectivity index (χ0n) is 10.0. The molecule has 0 radical (unpaired) electrons. The van der Waals surface area contributed by atoms with E-state index in [-0.39, 0.29) is 17.2 Å². The van der Waals surface area contributed by atoms with Gasteiger partial charge in [-0.25, -0.2) is 0 Å². The van der Waals surface area contributed by atoms with Gasteiger partial charge in [-0.05, 0) is 72.0 Å². The lowest BCUT2D eigenvalue weighted by Gasteiger charge is -2.16. The van der Waals surface area contributed by atoms with Gasteiger partial charge in [-0.15, -0.1) is 0 Å². The number of nitrogens with zero attached hydrogens (tertiary/aromatic N) is 1. The van der Waals surface area contributed by atoms with Crippen LogP contribution in [0.3, 0.4) is 0 Å². The predicted octanol–water partition coefficient (Wildman–Crippen LogP) is 3.74. The Balaban J connectivity index is 2.28. The zero-order chi connectivity index (χ0) is 13.3. The molecule has 1 fully saturated rings. The Bertz CT molecular complexity index is 522. The van der Waals surface area contributed by atoms with Crippen molar-refractivity contribution in [3.8, 4) is 0 Å². The lowest BCUT2D eigenvalue weighted by atomic mass is 10.2. The molecule has 0 aromatic heterocycles. The molecule has 5 heteroatoms. The first-order valence-electron chi connectivity index (χ1n) is 5.51. The van der Waals surface area contributed by atoms with E-state index in [1.807, 2.05) is 38.1 Å².